The summed E-state index contributed by atoms with van der Waals surface area (Å²) >= 11 is 1.64. The van der Waals surface area contributed by atoms with Crippen LogP contribution >= 0.6 is 11.3 Å². The van der Waals surface area contributed by atoms with Crippen molar-refractivity contribution in [3.63, 3.8) is 0 Å². The molecule has 4 heteroatoms. The fraction of sp³-hybridized carbons (Fsp3) is 0.316. The van der Waals surface area contributed by atoms with Crippen LogP contribution in [-0.4, -0.2) is 23.9 Å². The lowest BCUT2D eigenvalue weighted by atomic mass is 9.84. The van der Waals surface area contributed by atoms with Crippen molar-refractivity contribution in [2.24, 2.45) is 0 Å². The first-order valence-electron chi connectivity index (χ1n) is 7.98. The molecule has 2 aliphatic rings. The zero-order valence-electron chi connectivity index (χ0n) is 12.9. The predicted octanol–water partition coefficient (Wildman–Crippen LogP) is 3.81. The average molecular weight is 325 g/mol. The quantitative estimate of drug-likeness (QED) is 0.786. The van der Waals surface area contributed by atoms with Crippen LogP contribution < -0.4 is 0 Å². The highest BCUT2D eigenvalue weighted by atomic mass is 32.1. The molecule has 2 aromatic rings. The first-order valence-corrected chi connectivity index (χ1v) is 8.93. The lowest BCUT2D eigenvalue weighted by Gasteiger charge is -2.39. The number of benzene rings is 1. The lowest BCUT2D eigenvalue weighted by molar-refractivity contribution is -0.133. The van der Waals surface area contributed by atoms with Crippen molar-refractivity contribution >= 4 is 23.3 Å². The van der Waals surface area contributed by atoms with Gasteiger partial charge in [-0.3, -0.25) is 4.79 Å². The van der Waals surface area contributed by atoms with Crippen LogP contribution in [0, 0.1) is 0 Å². The number of amides is 1. The summed E-state index contributed by atoms with van der Waals surface area (Å²) < 4.78 is 6.14. The standard InChI is InChI=1S/C19H19NO2S/c21-18(6-5-15-7-12-23-14-15)20-10-8-19(9-11-20)17-4-2-1-3-16(17)13-22-19/h1-7,12,14H,8-11,13H2/b6-5+. The Hall–Kier alpha value is -1.91. The molecule has 3 heterocycles. The minimum Gasteiger partial charge on any atom is -0.365 e. The van der Waals surface area contributed by atoms with Crippen molar-refractivity contribution in [1.82, 2.24) is 4.90 Å². The van der Waals surface area contributed by atoms with Gasteiger partial charge >= 0.3 is 0 Å². The van der Waals surface area contributed by atoms with Crippen LogP contribution in [0.3, 0.4) is 0 Å². The van der Waals surface area contributed by atoms with Gasteiger partial charge in [-0.25, -0.2) is 0 Å². The molecule has 1 aromatic carbocycles. The lowest BCUT2D eigenvalue weighted by Crippen LogP contribution is -2.44. The summed E-state index contributed by atoms with van der Waals surface area (Å²) in [7, 11) is 0. The second-order valence-electron chi connectivity index (χ2n) is 6.16. The number of fused-ring (bicyclic) bond motifs is 2. The number of carbonyl (C=O) groups excluding carboxylic acids is 1. The van der Waals surface area contributed by atoms with Gasteiger partial charge in [0.05, 0.1) is 12.2 Å². The van der Waals surface area contributed by atoms with Crippen molar-refractivity contribution < 1.29 is 9.53 Å². The molecule has 0 atom stereocenters. The SMILES string of the molecule is O=C(/C=C/c1ccsc1)N1CCC2(CC1)OCc1ccccc12. The average Bonchev–Trinajstić information content (AvgIpc) is 3.23. The van der Waals surface area contributed by atoms with Crippen molar-refractivity contribution in [3.05, 3.63) is 63.9 Å². The number of hydrogen-bond donors (Lipinski definition) is 0. The summed E-state index contributed by atoms with van der Waals surface area (Å²) in [5.74, 6) is 0.0948. The van der Waals surface area contributed by atoms with Crippen LogP contribution in [0.1, 0.15) is 29.5 Å². The maximum Gasteiger partial charge on any atom is 0.246 e. The monoisotopic (exact) mass is 325 g/mol. The zero-order chi connectivity index (χ0) is 15.7. The van der Waals surface area contributed by atoms with Crippen molar-refractivity contribution in [2.75, 3.05) is 13.1 Å². The maximum atomic E-state index is 12.3. The third-order valence-electron chi connectivity index (χ3n) is 4.86. The Morgan fingerprint density at radius 1 is 1.22 bits per heavy atom. The topological polar surface area (TPSA) is 29.5 Å². The normalized spacial score (nSPS) is 19.4. The molecular formula is C19H19NO2S. The summed E-state index contributed by atoms with van der Waals surface area (Å²) in [5, 5.41) is 4.06. The Morgan fingerprint density at radius 2 is 2.04 bits per heavy atom. The molecule has 1 spiro atoms. The van der Waals surface area contributed by atoms with E-state index in [2.05, 4.69) is 24.3 Å². The molecule has 3 nitrogen and oxygen atoms in total. The molecule has 23 heavy (non-hydrogen) atoms. The van der Waals surface area contributed by atoms with E-state index in [-0.39, 0.29) is 11.5 Å². The second-order valence-corrected chi connectivity index (χ2v) is 6.94. The molecule has 0 N–H and O–H groups in total. The van der Waals surface area contributed by atoms with Crippen LogP contribution in [-0.2, 0) is 21.7 Å². The van der Waals surface area contributed by atoms with E-state index >= 15 is 0 Å². The minimum atomic E-state index is -0.176. The first kappa shape index (κ1) is 14.7. The van der Waals surface area contributed by atoms with E-state index in [9.17, 15) is 4.79 Å². The van der Waals surface area contributed by atoms with Crippen LogP contribution in [0.5, 0.6) is 0 Å². The van der Waals surface area contributed by atoms with Gasteiger partial charge in [-0.05, 0) is 52.4 Å². The number of rotatable bonds is 2. The highest BCUT2D eigenvalue weighted by molar-refractivity contribution is 7.08. The van der Waals surface area contributed by atoms with Gasteiger partial charge in [0, 0.05) is 19.2 Å². The summed E-state index contributed by atoms with van der Waals surface area (Å²) in [6.07, 6.45) is 5.33. The second kappa shape index (κ2) is 5.95. The number of nitrogens with zero attached hydrogens (tertiary/aromatic N) is 1. The molecule has 1 fully saturated rings. The Labute approximate surface area is 140 Å². The van der Waals surface area contributed by atoms with Crippen molar-refractivity contribution in [2.45, 2.75) is 25.0 Å². The van der Waals surface area contributed by atoms with Gasteiger partial charge in [0.1, 0.15) is 0 Å². The molecule has 4 rings (SSSR count). The molecule has 0 saturated carbocycles. The Balaban J connectivity index is 1.43. The van der Waals surface area contributed by atoms with Crippen LogP contribution in [0.15, 0.2) is 47.2 Å². The van der Waals surface area contributed by atoms with E-state index in [4.69, 9.17) is 4.74 Å². The highest BCUT2D eigenvalue weighted by Gasteiger charge is 2.42. The number of carbonyl (C=O) groups is 1. The van der Waals surface area contributed by atoms with Gasteiger partial charge in [0.15, 0.2) is 0 Å². The molecule has 2 aliphatic heterocycles. The molecule has 1 aromatic heterocycles. The largest absolute Gasteiger partial charge is 0.365 e. The molecular weight excluding hydrogens is 306 g/mol. The number of thiophene rings is 1. The van der Waals surface area contributed by atoms with Gasteiger partial charge in [0.2, 0.25) is 5.91 Å². The number of hydrogen-bond acceptors (Lipinski definition) is 3. The Bertz CT molecular complexity index is 728. The summed E-state index contributed by atoms with van der Waals surface area (Å²) in [6.45, 7) is 2.20. The van der Waals surface area contributed by atoms with Gasteiger partial charge in [-0.1, -0.05) is 24.3 Å². The number of piperidine rings is 1. The predicted molar refractivity (Wildman–Crippen MR) is 92.1 cm³/mol. The fourth-order valence-electron chi connectivity index (χ4n) is 3.53. The number of likely N-dealkylation sites (tertiary alicyclic amines) is 1. The van der Waals surface area contributed by atoms with E-state index in [1.165, 1.54) is 11.1 Å². The maximum absolute atomic E-state index is 12.3. The van der Waals surface area contributed by atoms with Crippen molar-refractivity contribution in [3.8, 4) is 0 Å². The summed E-state index contributed by atoms with van der Waals surface area (Å²) in [4.78, 5) is 14.3. The molecule has 0 aliphatic carbocycles. The Morgan fingerprint density at radius 3 is 2.83 bits per heavy atom. The van der Waals surface area contributed by atoms with Gasteiger partial charge in [-0.15, -0.1) is 0 Å². The fourth-order valence-corrected chi connectivity index (χ4v) is 4.16. The molecule has 0 bridgehead atoms. The number of ether oxygens (including phenoxy) is 1. The van der Waals surface area contributed by atoms with Gasteiger partial charge in [-0.2, -0.15) is 11.3 Å². The van der Waals surface area contributed by atoms with Crippen LogP contribution in [0.2, 0.25) is 0 Å². The third-order valence-corrected chi connectivity index (χ3v) is 5.56. The van der Waals surface area contributed by atoms with Crippen molar-refractivity contribution in [1.29, 1.82) is 0 Å². The van der Waals surface area contributed by atoms with E-state index in [1.54, 1.807) is 17.4 Å². The first-order chi connectivity index (χ1) is 11.3. The summed E-state index contributed by atoms with van der Waals surface area (Å²) in [6, 6.07) is 10.5. The van der Waals surface area contributed by atoms with Crippen LogP contribution in [0.4, 0.5) is 0 Å². The molecule has 0 unspecified atom stereocenters. The van der Waals surface area contributed by atoms with E-state index < -0.39 is 0 Å². The molecule has 1 saturated heterocycles. The smallest absolute Gasteiger partial charge is 0.246 e. The Kier molecular flexibility index (Phi) is 3.79. The van der Waals surface area contributed by atoms with Gasteiger partial charge in [0.25, 0.3) is 0 Å². The van der Waals surface area contributed by atoms with E-state index in [1.807, 2.05) is 27.8 Å². The minimum absolute atomic E-state index is 0.0948. The third kappa shape index (κ3) is 2.73. The van der Waals surface area contributed by atoms with E-state index in [0.717, 1.165) is 31.5 Å². The van der Waals surface area contributed by atoms with E-state index in [0.29, 0.717) is 6.61 Å². The van der Waals surface area contributed by atoms with Crippen LogP contribution in [0.25, 0.3) is 6.08 Å². The zero-order valence-corrected chi connectivity index (χ0v) is 13.7. The molecule has 0 radical (unpaired) electrons. The summed E-state index contributed by atoms with van der Waals surface area (Å²) in [5.41, 5.74) is 3.53. The molecule has 1 amide bonds. The highest BCUT2D eigenvalue weighted by Crippen LogP contribution is 2.43. The van der Waals surface area contributed by atoms with Gasteiger partial charge < -0.3 is 9.64 Å². The molecule has 118 valence electrons.